The van der Waals surface area contributed by atoms with Gasteiger partial charge < -0.3 is 10.1 Å². The van der Waals surface area contributed by atoms with Gasteiger partial charge in [0, 0.05) is 20.3 Å². The summed E-state index contributed by atoms with van der Waals surface area (Å²) >= 11 is 0. The van der Waals surface area contributed by atoms with Gasteiger partial charge in [0.1, 0.15) is 0 Å². The Morgan fingerprint density at radius 3 is 2.78 bits per heavy atom. The van der Waals surface area contributed by atoms with Crippen LogP contribution in [0.2, 0.25) is 0 Å². The summed E-state index contributed by atoms with van der Waals surface area (Å²) in [5.41, 5.74) is 3.07. The van der Waals surface area contributed by atoms with Crippen LogP contribution in [-0.4, -0.2) is 20.3 Å². The minimum absolute atomic E-state index is 0.852. The fourth-order valence-electron chi connectivity index (χ4n) is 2.38. The van der Waals surface area contributed by atoms with Crippen molar-refractivity contribution in [2.75, 3.05) is 20.3 Å². The highest BCUT2D eigenvalue weighted by Gasteiger charge is 2.25. The molecule has 1 aliphatic carbocycles. The van der Waals surface area contributed by atoms with Gasteiger partial charge in [-0.05, 0) is 55.7 Å². The maximum absolute atomic E-state index is 5.05. The second kappa shape index (κ2) is 7.55. The van der Waals surface area contributed by atoms with Gasteiger partial charge in [0.05, 0.1) is 0 Å². The number of ether oxygens (including phenoxy) is 1. The molecule has 2 rings (SSSR count). The van der Waals surface area contributed by atoms with Gasteiger partial charge in [-0.25, -0.2) is 0 Å². The molecule has 100 valence electrons. The Morgan fingerprint density at radius 2 is 2.00 bits per heavy atom. The highest BCUT2D eigenvalue weighted by atomic mass is 16.5. The Balaban J connectivity index is 1.64. The van der Waals surface area contributed by atoms with E-state index in [0.717, 1.165) is 25.6 Å². The molecule has 0 unspecified atom stereocenters. The van der Waals surface area contributed by atoms with Crippen molar-refractivity contribution >= 4 is 0 Å². The van der Waals surface area contributed by atoms with Gasteiger partial charge in [-0.1, -0.05) is 24.3 Å². The van der Waals surface area contributed by atoms with Crippen LogP contribution < -0.4 is 5.32 Å². The molecule has 1 saturated carbocycles. The number of nitrogens with one attached hydrogen (secondary N) is 1. The first-order valence-corrected chi connectivity index (χ1v) is 7.19. The summed E-state index contributed by atoms with van der Waals surface area (Å²) in [5.74, 6) is 0.852. The second-order valence-corrected chi connectivity index (χ2v) is 5.20. The summed E-state index contributed by atoms with van der Waals surface area (Å²) in [5, 5.41) is 3.56. The predicted octanol–water partition coefficient (Wildman–Crippen LogP) is 3.47. The van der Waals surface area contributed by atoms with Gasteiger partial charge in [-0.15, -0.1) is 0 Å². The molecule has 0 saturated heterocycles. The Hall–Kier alpha value is -0.860. The van der Waals surface area contributed by atoms with Crippen LogP contribution in [0, 0.1) is 0 Å². The summed E-state index contributed by atoms with van der Waals surface area (Å²) < 4.78 is 5.05. The molecule has 0 aliphatic heterocycles. The third kappa shape index (κ3) is 4.43. The monoisotopic (exact) mass is 247 g/mol. The molecule has 0 atom stereocenters. The molecule has 2 heteroatoms. The average molecular weight is 247 g/mol. The van der Waals surface area contributed by atoms with Crippen molar-refractivity contribution < 1.29 is 4.74 Å². The summed E-state index contributed by atoms with van der Waals surface area (Å²) in [6.45, 7) is 3.03. The number of rotatable bonds is 9. The summed E-state index contributed by atoms with van der Waals surface area (Å²) in [6, 6.07) is 8.89. The highest BCUT2D eigenvalue weighted by Crippen LogP contribution is 2.41. The second-order valence-electron chi connectivity index (χ2n) is 5.20. The molecule has 18 heavy (non-hydrogen) atoms. The van der Waals surface area contributed by atoms with E-state index >= 15 is 0 Å². The fraction of sp³-hybridized carbons (Fsp3) is 0.625. The number of methoxy groups -OCH3 is 1. The molecular weight excluding hydrogens is 222 g/mol. The lowest BCUT2D eigenvalue weighted by atomic mass is 10.0. The van der Waals surface area contributed by atoms with Crippen LogP contribution in [0.4, 0.5) is 0 Å². The lowest BCUT2D eigenvalue weighted by Crippen LogP contribution is -2.15. The van der Waals surface area contributed by atoms with E-state index in [0.29, 0.717) is 0 Å². The first kappa shape index (κ1) is 13.6. The van der Waals surface area contributed by atoms with Crippen LogP contribution >= 0.6 is 0 Å². The van der Waals surface area contributed by atoms with E-state index in [1.165, 1.54) is 37.7 Å². The minimum atomic E-state index is 0.852. The van der Waals surface area contributed by atoms with Crippen molar-refractivity contribution in [3.8, 4) is 0 Å². The molecule has 1 aromatic rings. The van der Waals surface area contributed by atoms with Gasteiger partial charge in [0.15, 0.2) is 0 Å². The molecule has 0 spiro atoms. The van der Waals surface area contributed by atoms with E-state index < -0.39 is 0 Å². The van der Waals surface area contributed by atoms with Gasteiger partial charge in [-0.3, -0.25) is 0 Å². The smallest absolute Gasteiger partial charge is 0.0462 e. The normalized spacial score (nSPS) is 14.9. The topological polar surface area (TPSA) is 21.3 Å². The van der Waals surface area contributed by atoms with E-state index in [1.807, 2.05) is 0 Å². The molecule has 1 aliphatic rings. The average Bonchev–Trinajstić information content (AvgIpc) is 3.22. The number of hydrogen-bond donors (Lipinski definition) is 1. The predicted molar refractivity (Wildman–Crippen MR) is 75.9 cm³/mol. The molecule has 0 aromatic heterocycles. The van der Waals surface area contributed by atoms with E-state index in [9.17, 15) is 0 Å². The molecule has 1 N–H and O–H groups in total. The SMILES string of the molecule is COCCCCCNCc1ccccc1C1CC1. The molecular formula is C16H25NO. The number of unbranched alkanes of at least 4 members (excludes halogenated alkanes) is 2. The third-order valence-corrected chi connectivity index (χ3v) is 3.59. The van der Waals surface area contributed by atoms with Gasteiger partial charge in [0.25, 0.3) is 0 Å². The van der Waals surface area contributed by atoms with E-state index in [-0.39, 0.29) is 0 Å². The van der Waals surface area contributed by atoms with Crippen LogP contribution in [-0.2, 0) is 11.3 Å². The summed E-state index contributed by atoms with van der Waals surface area (Å²) in [7, 11) is 1.77. The van der Waals surface area contributed by atoms with Gasteiger partial charge in [-0.2, -0.15) is 0 Å². The molecule has 2 nitrogen and oxygen atoms in total. The van der Waals surface area contributed by atoms with E-state index in [4.69, 9.17) is 4.74 Å². The van der Waals surface area contributed by atoms with Crippen LogP contribution in [0.15, 0.2) is 24.3 Å². The standard InChI is InChI=1S/C16H25NO/c1-18-12-6-2-5-11-17-13-15-7-3-4-8-16(15)14-9-10-14/h3-4,7-8,14,17H,2,5-6,9-13H2,1H3. The van der Waals surface area contributed by atoms with E-state index in [1.54, 1.807) is 12.7 Å². The fourth-order valence-corrected chi connectivity index (χ4v) is 2.38. The zero-order valence-corrected chi connectivity index (χ0v) is 11.5. The van der Waals surface area contributed by atoms with Crippen molar-refractivity contribution in [1.82, 2.24) is 5.32 Å². The van der Waals surface area contributed by atoms with Crippen LogP contribution in [0.5, 0.6) is 0 Å². The van der Waals surface area contributed by atoms with E-state index in [2.05, 4.69) is 29.6 Å². The molecule has 0 heterocycles. The summed E-state index contributed by atoms with van der Waals surface area (Å²) in [6.07, 6.45) is 6.44. The molecule has 0 bridgehead atoms. The maximum atomic E-state index is 5.05. The van der Waals surface area contributed by atoms with Crippen molar-refractivity contribution in [3.63, 3.8) is 0 Å². The zero-order chi connectivity index (χ0) is 12.6. The number of hydrogen-bond acceptors (Lipinski definition) is 2. The lowest BCUT2D eigenvalue weighted by Gasteiger charge is -2.09. The Kier molecular flexibility index (Phi) is 5.69. The summed E-state index contributed by atoms with van der Waals surface area (Å²) in [4.78, 5) is 0. The van der Waals surface area contributed by atoms with Crippen LogP contribution in [0.25, 0.3) is 0 Å². The van der Waals surface area contributed by atoms with Crippen molar-refractivity contribution in [3.05, 3.63) is 35.4 Å². The third-order valence-electron chi connectivity index (χ3n) is 3.59. The maximum Gasteiger partial charge on any atom is 0.0462 e. The Bertz CT molecular complexity index is 347. The largest absolute Gasteiger partial charge is 0.385 e. The van der Waals surface area contributed by atoms with Gasteiger partial charge in [0.2, 0.25) is 0 Å². The molecule has 0 radical (unpaired) electrons. The molecule has 1 fully saturated rings. The van der Waals surface area contributed by atoms with Crippen LogP contribution in [0.1, 0.15) is 49.1 Å². The Morgan fingerprint density at radius 1 is 1.17 bits per heavy atom. The van der Waals surface area contributed by atoms with Crippen molar-refractivity contribution in [2.24, 2.45) is 0 Å². The first-order chi connectivity index (χ1) is 8.92. The Labute approximate surface area is 111 Å². The zero-order valence-electron chi connectivity index (χ0n) is 11.5. The highest BCUT2D eigenvalue weighted by molar-refractivity contribution is 5.33. The quantitative estimate of drug-likeness (QED) is 0.675. The molecule has 0 amide bonds. The van der Waals surface area contributed by atoms with Crippen molar-refractivity contribution in [1.29, 1.82) is 0 Å². The molecule has 1 aromatic carbocycles. The number of benzene rings is 1. The van der Waals surface area contributed by atoms with Crippen molar-refractivity contribution in [2.45, 2.75) is 44.6 Å². The minimum Gasteiger partial charge on any atom is -0.385 e. The van der Waals surface area contributed by atoms with Gasteiger partial charge >= 0.3 is 0 Å². The first-order valence-electron chi connectivity index (χ1n) is 7.19. The van der Waals surface area contributed by atoms with Crippen LogP contribution in [0.3, 0.4) is 0 Å². The lowest BCUT2D eigenvalue weighted by molar-refractivity contribution is 0.192.